The molecule has 1 aromatic heterocycles. The molecule has 2 aromatic carbocycles. The Labute approximate surface area is 162 Å². The first-order valence-electron chi connectivity index (χ1n) is 8.99. The number of benzene rings is 2. The molecule has 0 unspecified atom stereocenters. The Morgan fingerprint density at radius 1 is 1.18 bits per heavy atom. The van der Waals surface area contributed by atoms with E-state index in [4.69, 9.17) is 14.6 Å². The number of anilines is 1. The monoisotopic (exact) mass is 379 g/mol. The van der Waals surface area contributed by atoms with Crippen molar-refractivity contribution in [2.24, 2.45) is 0 Å². The van der Waals surface area contributed by atoms with Crippen molar-refractivity contribution in [1.29, 1.82) is 0 Å². The largest absolute Gasteiger partial charge is 0.493 e. The molecule has 7 heteroatoms. The molecule has 0 bridgehead atoms. The Morgan fingerprint density at radius 2 is 1.89 bits per heavy atom. The van der Waals surface area contributed by atoms with Gasteiger partial charge in [-0.15, -0.1) is 0 Å². The smallest absolute Gasteiger partial charge is 0.335 e. The van der Waals surface area contributed by atoms with Crippen LogP contribution in [0.5, 0.6) is 11.5 Å². The number of aromatic amines is 1. The number of aromatic nitrogens is 2. The zero-order valence-electron chi connectivity index (χ0n) is 15.7. The predicted octanol–water partition coefficient (Wildman–Crippen LogP) is 3.35. The molecular formula is C21H21N3O4. The summed E-state index contributed by atoms with van der Waals surface area (Å²) in [6, 6.07) is 10.9. The highest BCUT2D eigenvalue weighted by atomic mass is 16.5. The lowest BCUT2D eigenvalue weighted by Gasteiger charge is -2.10. The number of carboxylic acid groups (broad SMARTS) is 1. The summed E-state index contributed by atoms with van der Waals surface area (Å²) in [4.78, 5) is 10.9. The lowest BCUT2D eigenvalue weighted by molar-refractivity contribution is 0.0697. The summed E-state index contributed by atoms with van der Waals surface area (Å²) in [5.41, 5.74) is 5.76. The van der Waals surface area contributed by atoms with Gasteiger partial charge < -0.3 is 19.9 Å². The number of nitrogens with one attached hydrogen (secondary N) is 2. The molecule has 0 saturated heterocycles. The van der Waals surface area contributed by atoms with Crippen molar-refractivity contribution in [3.8, 4) is 22.8 Å². The van der Waals surface area contributed by atoms with Gasteiger partial charge in [0, 0.05) is 24.1 Å². The molecule has 0 amide bonds. The molecule has 3 N–H and O–H groups in total. The molecule has 144 valence electrons. The van der Waals surface area contributed by atoms with Gasteiger partial charge in [-0.3, -0.25) is 5.10 Å². The van der Waals surface area contributed by atoms with Crippen molar-refractivity contribution in [2.45, 2.75) is 12.8 Å². The molecule has 1 heterocycles. The van der Waals surface area contributed by atoms with E-state index in [1.807, 2.05) is 24.3 Å². The summed E-state index contributed by atoms with van der Waals surface area (Å²) in [6.45, 7) is 0.701. The summed E-state index contributed by atoms with van der Waals surface area (Å²) in [7, 11) is 3.26. The van der Waals surface area contributed by atoms with Crippen molar-refractivity contribution >= 4 is 11.8 Å². The summed E-state index contributed by atoms with van der Waals surface area (Å²) in [5, 5.41) is 19.9. The molecule has 4 rings (SSSR count). The van der Waals surface area contributed by atoms with Crippen LogP contribution in [-0.4, -0.2) is 42.0 Å². The van der Waals surface area contributed by atoms with Gasteiger partial charge in [-0.25, -0.2) is 4.79 Å². The van der Waals surface area contributed by atoms with Gasteiger partial charge in [-0.1, -0.05) is 12.1 Å². The van der Waals surface area contributed by atoms with Crippen molar-refractivity contribution in [3.05, 3.63) is 58.7 Å². The van der Waals surface area contributed by atoms with E-state index in [9.17, 15) is 4.79 Å². The van der Waals surface area contributed by atoms with E-state index < -0.39 is 5.97 Å². The van der Waals surface area contributed by atoms with Crippen LogP contribution in [0.15, 0.2) is 36.4 Å². The molecule has 7 nitrogen and oxygen atoms in total. The van der Waals surface area contributed by atoms with Crippen molar-refractivity contribution in [2.75, 3.05) is 26.1 Å². The lowest BCUT2D eigenvalue weighted by atomic mass is 10.1. The fourth-order valence-electron chi connectivity index (χ4n) is 3.54. The van der Waals surface area contributed by atoms with Crippen LogP contribution in [-0.2, 0) is 12.8 Å². The van der Waals surface area contributed by atoms with Gasteiger partial charge in [0.05, 0.1) is 25.5 Å². The first kappa shape index (κ1) is 17.9. The van der Waals surface area contributed by atoms with E-state index in [0.29, 0.717) is 17.9 Å². The number of nitrogens with zero attached hydrogens (tertiary/aromatic N) is 1. The van der Waals surface area contributed by atoms with Crippen molar-refractivity contribution in [1.82, 2.24) is 10.2 Å². The van der Waals surface area contributed by atoms with E-state index in [2.05, 4.69) is 15.5 Å². The number of methoxy groups -OCH3 is 2. The van der Waals surface area contributed by atoms with Gasteiger partial charge in [0.25, 0.3) is 0 Å². The summed E-state index contributed by atoms with van der Waals surface area (Å²) in [6.07, 6.45) is 1.55. The molecule has 0 radical (unpaired) electrons. The molecule has 3 aromatic rings. The second kappa shape index (κ2) is 7.26. The van der Waals surface area contributed by atoms with Crippen LogP contribution in [0.3, 0.4) is 0 Å². The highest BCUT2D eigenvalue weighted by molar-refractivity contribution is 5.87. The highest BCUT2D eigenvalue weighted by Crippen LogP contribution is 2.43. The number of hydrogen-bond donors (Lipinski definition) is 3. The molecule has 1 aliphatic rings. The number of carbonyl (C=O) groups is 1. The summed E-state index contributed by atoms with van der Waals surface area (Å²) >= 11 is 0. The Hall–Kier alpha value is -3.48. The molecule has 0 aliphatic heterocycles. The zero-order valence-corrected chi connectivity index (χ0v) is 15.7. The Morgan fingerprint density at radius 3 is 2.57 bits per heavy atom. The van der Waals surface area contributed by atoms with Crippen LogP contribution in [0.25, 0.3) is 11.3 Å². The molecule has 0 spiro atoms. The van der Waals surface area contributed by atoms with Crippen LogP contribution in [0, 0.1) is 0 Å². The van der Waals surface area contributed by atoms with Gasteiger partial charge in [0.2, 0.25) is 0 Å². The predicted molar refractivity (Wildman–Crippen MR) is 106 cm³/mol. The van der Waals surface area contributed by atoms with E-state index in [-0.39, 0.29) is 0 Å². The summed E-state index contributed by atoms with van der Waals surface area (Å²) < 4.78 is 10.8. The van der Waals surface area contributed by atoms with Crippen LogP contribution >= 0.6 is 0 Å². The SMILES string of the molecule is COc1cc2c(cc1OC)-c1[nH]nc(NCCc3ccc(C(=O)O)cc3)c1C2. The number of hydrogen-bond acceptors (Lipinski definition) is 5. The maximum atomic E-state index is 10.9. The molecule has 0 fully saturated rings. The van der Waals surface area contributed by atoms with E-state index in [1.54, 1.807) is 26.4 Å². The van der Waals surface area contributed by atoms with Crippen LogP contribution in [0.1, 0.15) is 27.0 Å². The number of rotatable bonds is 7. The second-order valence-corrected chi connectivity index (χ2v) is 6.65. The summed E-state index contributed by atoms with van der Waals surface area (Å²) in [5.74, 6) is 1.34. The zero-order chi connectivity index (χ0) is 19.7. The molecular weight excluding hydrogens is 358 g/mol. The normalized spacial score (nSPS) is 11.6. The molecule has 0 atom stereocenters. The average molecular weight is 379 g/mol. The minimum absolute atomic E-state index is 0.297. The Kier molecular flexibility index (Phi) is 4.65. The van der Waals surface area contributed by atoms with Gasteiger partial charge in [-0.05, 0) is 41.8 Å². The Bertz CT molecular complexity index is 1020. The van der Waals surface area contributed by atoms with E-state index in [1.165, 1.54) is 5.56 Å². The fraction of sp³-hybridized carbons (Fsp3) is 0.238. The topological polar surface area (TPSA) is 96.5 Å². The average Bonchev–Trinajstić information content (AvgIpc) is 3.26. The van der Waals surface area contributed by atoms with Gasteiger partial charge in [-0.2, -0.15) is 5.10 Å². The number of aromatic carboxylic acids is 1. The molecule has 28 heavy (non-hydrogen) atoms. The quantitative estimate of drug-likeness (QED) is 0.456. The Balaban J connectivity index is 1.46. The maximum absolute atomic E-state index is 10.9. The first-order valence-corrected chi connectivity index (χ1v) is 8.99. The van der Waals surface area contributed by atoms with Crippen molar-refractivity contribution in [3.63, 3.8) is 0 Å². The minimum Gasteiger partial charge on any atom is -0.493 e. The van der Waals surface area contributed by atoms with Gasteiger partial charge >= 0.3 is 5.97 Å². The van der Waals surface area contributed by atoms with Crippen molar-refractivity contribution < 1.29 is 19.4 Å². The fourth-order valence-corrected chi connectivity index (χ4v) is 3.54. The number of fused-ring (bicyclic) bond motifs is 3. The first-order chi connectivity index (χ1) is 13.6. The molecule has 0 saturated carbocycles. The second-order valence-electron chi connectivity index (χ2n) is 6.65. The number of carboxylic acids is 1. The van der Waals surface area contributed by atoms with Crippen LogP contribution in [0.4, 0.5) is 5.82 Å². The maximum Gasteiger partial charge on any atom is 0.335 e. The molecule has 1 aliphatic carbocycles. The standard InChI is InChI=1S/C21H21N3O4/c1-27-17-10-14-9-16-19(15(14)11-18(17)28-2)23-24-20(16)22-8-7-12-3-5-13(6-4-12)21(25)26/h3-6,10-11H,7-9H2,1-2H3,(H,25,26)(H2,22,23,24). The lowest BCUT2D eigenvalue weighted by Crippen LogP contribution is -2.07. The highest BCUT2D eigenvalue weighted by Gasteiger charge is 2.26. The number of ether oxygens (including phenoxy) is 2. The van der Waals surface area contributed by atoms with E-state index in [0.717, 1.165) is 46.8 Å². The minimum atomic E-state index is -0.912. The number of H-pyrrole nitrogens is 1. The third kappa shape index (κ3) is 3.15. The van der Waals surface area contributed by atoms with Gasteiger partial charge in [0.15, 0.2) is 17.3 Å². The van der Waals surface area contributed by atoms with E-state index >= 15 is 0 Å². The van der Waals surface area contributed by atoms with Gasteiger partial charge in [0.1, 0.15) is 0 Å². The van der Waals surface area contributed by atoms with Crippen LogP contribution < -0.4 is 14.8 Å². The third-order valence-electron chi connectivity index (χ3n) is 5.02. The van der Waals surface area contributed by atoms with Crippen LogP contribution in [0.2, 0.25) is 0 Å². The third-order valence-corrected chi connectivity index (χ3v) is 5.02.